The third kappa shape index (κ3) is 1.60. The Balaban J connectivity index is 2.22. The molecule has 3 heteroatoms. The molecule has 74 valence electrons. The Hall–Kier alpha value is 0.200. The number of esters is 1. The van der Waals surface area contributed by atoms with Gasteiger partial charge in [-0.05, 0) is 18.3 Å². The van der Waals surface area contributed by atoms with E-state index >= 15 is 0 Å². The molecule has 0 aromatic carbocycles. The van der Waals surface area contributed by atoms with Crippen LogP contribution in [0.25, 0.3) is 0 Å². The van der Waals surface area contributed by atoms with Crippen LogP contribution in [0, 0.1) is 11.3 Å². The number of hydrogen-bond donors (Lipinski definition) is 0. The molecule has 0 aromatic heterocycles. The fourth-order valence-electron chi connectivity index (χ4n) is 2.48. The molecule has 0 aromatic rings. The molecule has 2 nitrogen and oxygen atoms in total. The summed E-state index contributed by atoms with van der Waals surface area (Å²) in [6.45, 7) is 4.52. The molecule has 2 aliphatic rings. The molecular weight excluding hydrogens is 279 g/mol. The second-order valence-electron chi connectivity index (χ2n) is 4.81. The van der Waals surface area contributed by atoms with Crippen molar-refractivity contribution in [2.75, 3.05) is 0 Å². The zero-order valence-corrected chi connectivity index (χ0v) is 10.2. The van der Waals surface area contributed by atoms with E-state index in [1.807, 2.05) is 0 Å². The number of carbonyl (C=O) groups is 1. The molecule has 13 heavy (non-hydrogen) atoms. The van der Waals surface area contributed by atoms with E-state index in [-0.39, 0.29) is 12.1 Å². The number of ether oxygens (including phenoxy) is 1. The number of fused-ring (bicyclic) bond motifs is 1. The van der Waals surface area contributed by atoms with E-state index in [1.165, 1.54) is 12.8 Å². The fourth-order valence-corrected chi connectivity index (χ4v) is 3.44. The third-order valence-electron chi connectivity index (χ3n) is 3.48. The normalized spacial score (nSPS) is 42.7. The van der Waals surface area contributed by atoms with Crippen molar-refractivity contribution in [2.45, 2.75) is 43.1 Å². The minimum absolute atomic E-state index is 0.00615. The number of rotatable bonds is 0. The highest BCUT2D eigenvalue weighted by Gasteiger charge is 2.49. The highest BCUT2D eigenvalue weighted by molar-refractivity contribution is 14.1. The lowest BCUT2D eigenvalue weighted by atomic mass is 9.67. The van der Waals surface area contributed by atoms with E-state index in [0.29, 0.717) is 21.7 Å². The van der Waals surface area contributed by atoms with Gasteiger partial charge in [0.25, 0.3) is 0 Å². The molecule has 1 heterocycles. The first kappa shape index (κ1) is 9.74. The van der Waals surface area contributed by atoms with Crippen LogP contribution >= 0.6 is 22.6 Å². The van der Waals surface area contributed by atoms with Crippen LogP contribution in [0.4, 0.5) is 0 Å². The maximum absolute atomic E-state index is 11.2. The van der Waals surface area contributed by atoms with Crippen molar-refractivity contribution in [3.63, 3.8) is 0 Å². The molecule has 2 fully saturated rings. The van der Waals surface area contributed by atoms with Gasteiger partial charge in [0.2, 0.25) is 0 Å². The van der Waals surface area contributed by atoms with Gasteiger partial charge >= 0.3 is 5.97 Å². The zero-order valence-electron chi connectivity index (χ0n) is 8.05. The van der Waals surface area contributed by atoms with Gasteiger partial charge in [-0.15, -0.1) is 0 Å². The monoisotopic (exact) mass is 294 g/mol. The molecular formula is C10H15IO2. The van der Waals surface area contributed by atoms with E-state index in [2.05, 4.69) is 36.4 Å². The van der Waals surface area contributed by atoms with Gasteiger partial charge < -0.3 is 4.74 Å². The van der Waals surface area contributed by atoms with Crippen molar-refractivity contribution in [3.05, 3.63) is 0 Å². The number of carbonyl (C=O) groups excluding carboxylic acids is 1. The van der Waals surface area contributed by atoms with Crippen molar-refractivity contribution in [3.8, 4) is 0 Å². The molecule has 3 atom stereocenters. The van der Waals surface area contributed by atoms with Gasteiger partial charge in [0, 0.05) is 9.84 Å². The van der Waals surface area contributed by atoms with E-state index in [9.17, 15) is 4.79 Å². The van der Waals surface area contributed by atoms with E-state index in [0.717, 1.165) is 0 Å². The molecule has 0 spiro atoms. The zero-order chi connectivity index (χ0) is 9.64. The third-order valence-corrected chi connectivity index (χ3v) is 4.81. The summed E-state index contributed by atoms with van der Waals surface area (Å²) >= 11 is 2.42. The van der Waals surface area contributed by atoms with Gasteiger partial charge in [-0.1, -0.05) is 36.4 Å². The maximum Gasteiger partial charge on any atom is 0.306 e. The Morgan fingerprint density at radius 1 is 1.54 bits per heavy atom. The molecule has 1 aliphatic carbocycles. The van der Waals surface area contributed by atoms with E-state index < -0.39 is 0 Å². The predicted molar refractivity (Wildman–Crippen MR) is 58.8 cm³/mol. The standard InChI is InChI=1S/C10H15IO2/c1-10(2)4-3-7(11)9-6(10)5-8(12)13-9/h6-7,9H,3-5H2,1-2H3. The lowest BCUT2D eigenvalue weighted by Crippen LogP contribution is -2.41. The molecule has 1 aliphatic heterocycles. The van der Waals surface area contributed by atoms with Crippen LogP contribution in [0.5, 0.6) is 0 Å². The largest absolute Gasteiger partial charge is 0.461 e. The predicted octanol–water partition coefficient (Wildman–Crippen LogP) is 2.54. The lowest BCUT2D eigenvalue weighted by Gasteiger charge is -2.41. The van der Waals surface area contributed by atoms with Gasteiger partial charge in [0.05, 0.1) is 6.42 Å². The quantitative estimate of drug-likeness (QED) is 0.390. The van der Waals surface area contributed by atoms with Crippen LogP contribution in [-0.2, 0) is 9.53 Å². The summed E-state index contributed by atoms with van der Waals surface area (Å²) in [5.74, 6) is 0.460. The van der Waals surface area contributed by atoms with Crippen LogP contribution in [0.2, 0.25) is 0 Å². The van der Waals surface area contributed by atoms with Crippen molar-refractivity contribution >= 4 is 28.6 Å². The fraction of sp³-hybridized carbons (Fsp3) is 0.900. The van der Waals surface area contributed by atoms with Crippen LogP contribution in [0.3, 0.4) is 0 Å². The summed E-state index contributed by atoms with van der Waals surface area (Å²) in [7, 11) is 0. The Morgan fingerprint density at radius 3 is 2.85 bits per heavy atom. The van der Waals surface area contributed by atoms with Crippen molar-refractivity contribution in [1.82, 2.24) is 0 Å². The van der Waals surface area contributed by atoms with Crippen molar-refractivity contribution < 1.29 is 9.53 Å². The summed E-state index contributed by atoms with van der Waals surface area (Å²) in [4.78, 5) is 11.2. The van der Waals surface area contributed by atoms with Crippen LogP contribution in [-0.4, -0.2) is 16.0 Å². The number of alkyl halides is 1. The van der Waals surface area contributed by atoms with Gasteiger partial charge in [0.15, 0.2) is 0 Å². The number of hydrogen-bond acceptors (Lipinski definition) is 2. The summed E-state index contributed by atoms with van der Waals surface area (Å²) in [5, 5.41) is 0. The molecule has 0 amide bonds. The Morgan fingerprint density at radius 2 is 2.23 bits per heavy atom. The second kappa shape index (κ2) is 3.11. The van der Waals surface area contributed by atoms with Crippen LogP contribution < -0.4 is 0 Å². The van der Waals surface area contributed by atoms with E-state index in [4.69, 9.17) is 4.74 Å². The average molecular weight is 294 g/mol. The first-order chi connectivity index (χ1) is 6.00. The molecule has 1 saturated carbocycles. The van der Waals surface area contributed by atoms with Crippen LogP contribution in [0.1, 0.15) is 33.1 Å². The van der Waals surface area contributed by atoms with Crippen molar-refractivity contribution in [2.24, 2.45) is 11.3 Å². The molecule has 2 rings (SSSR count). The number of halogens is 1. The SMILES string of the molecule is CC1(C)CCC(I)C2OC(=O)CC21. The van der Waals surface area contributed by atoms with E-state index in [1.54, 1.807) is 0 Å². The Labute approximate surface area is 92.5 Å². The minimum Gasteiger partial charge on any atom is -0.461 e. The van der Waals surface area contributed by atoms with Crippen LogP contribution in [0.15, 0.2) is 0 Å². The van der Waals surface area contributed by atoms with Crippen molar-refractivity contribution in [1.29, 1.82) is 0 Å². The molecule has 1 saturated heterocycles. The van der Waals surface area contributed by atoms with Gasteiger partial charge in [-0.25, -0.2) is 0 Å². The summed E-state index contributed by atoms with van der Waals surface area (Å²) < 4.78 is 5.90. The summed E-state index contributed by atoms with van der Waals surface area (Å²) in [6, 6.07) is 0. The Bertz CT molecular complexity index is 237. The van der Waals surface area contributed by atoms with Gasteiger partial charge in [-0.2, -0.15) is 0 Å². The first-order valence-electron chi connectivity index (χ1n) is 4.84. The molecule has 0 radical (unpaired) electrons. The maximum atomic E-state index is 11.2. The van der Waals surface area contributed by atoms with Gasteiger partial charge in [-0.3, -0.25) is 4.79 Å². The lowest BCUT2D eigenvalue weighted by molar-refractivity contribution is -0.141. The van der Waals surface area contributed by atoms with Gasteiger partial charge in [0.1, 0.15) is 6.10 Å². The first-order valence-corrected chi connectivity index (χ1v) is 6.09. The summed E-state index contributed by atoms with van der Waals surface area (Å²) in [5.41, 5.74) is 0.290. The molecule has 0 N–H and O–H groups in total. The topological polar surface area (TPSA) is 26.3 Å². The second-order valence-corrected chi connectivity index (χ2v) is 6.41. The molecule has 3 unspecified atom stereocenters. The smallest absolute Gasteiger partial charge is 0.306 e. The average Bonchev–Trinajstić information content (AvgIpc) is 2.42. The highest BCUT2D eigenvalue weighted by atomic mass is 127. The minimum atomic E-state index is 0.00615. The summed E-state index contributed by atoms with van der Waals surface area (Å²) in [6.07, 6.45) is 3.23. The Kier molecular flexibility index (Phi) is 2.33. The highest BCUT2D eigenvalue weighted by Crippen LogP contribution is 2.48. The molecule has 0 bridgehead atoms.